The molecule has 0 aliphatic heterocycles. The van der Waals surface area contributed by atoms with Crippen molar-refractivity contribution in [3.8, 4) is 5.75 Å². The molecule has 0 radical (unpaired) electrons. The van der Waals surface area contributed by atoms with Crippen LogP contribution in [0.1, 0.15) is 18.4 Å². The molecule has 0 atom stereocenters. The summed E-state index contributed by atoms with van der Waals surface area (Å²) in [6, 6.07) is 14.0. The topological polar surface area (TPSA) is 41.6 Å². The zero-order valence-electron chi connectivity index (χ0n) is 14.5. The molecule has 1 amide bonds. The number of rotatable bonds is 9. The van der Waals surface area contributed by atoms with Crippen molar-refractivity contribution in [3.05, 3.63) is 64.9 Å². The van der Waals surface area contributed by atoms with Crippen molar-refractivity contribution >= 4 is 17.5 Å². The Bertz CT molecular complexity index is 718. The SMILES string of the molecule is O=C(CN(Cc1ccc(F)cc1)C1CC1)NCCOc1ccc(Cl)cc1. The zero-order chi connectivity index (χ0) is 18.4. The molecule has 0 bridgehead atoms. The minimum Gasteiger partial charge on any atom is -0.492 e. The van der Waals surface area contributed by atoms with E-state index >= 15 is 0 Å². The van der Waals surface area contributed by atoms with E-state index in [-0.39, 0.29) is 11.7 Å². The Morgan fingerprint density at radius 1 is 1.15 bits per heavy atom. The van der Waals surface area contributed by atoms with E-state index in [1.165, 1.54) is 12.1 Å². The van der Waals surface area contributed by atoms with Crippen LogP contribution in [0.5, 0.6) is 5.75 Å². The molecule has 0 aromatic heterocycles. The summed E-state index contributed by atoms with van der Waals surface area (Å²) in [7, 11) is 0. The molecule has 1 aliphatic rings. The van der Waals surface area contributed by atoms with Gasteiger partial charge in [-0.2, -0.15) is 0 Å². The largest absolute Gasteiger partial charge is 0.492 e. The van der Waals surface area contributed by atoms with Crippen LogP contribution in [0, 0.1) is 5.82 Å². The lowest BCUT2D eigenvalue weighted by molar-refractivity contribution is -0.122. The van der Waals surface area contributed by atoms with Crippen LogP contribution in [0.2, 0.25) is 5.02 Å². The van der Waals surface area contributed by atoms with Crippen LogP contribution in [-0.2, 0) is 11.3 Å². The first-order chi connectivity index (χ1) is 12.6. The molecule has 2 aromatic carbocycles. The molecule has 1 fully saturated rings. The van der Waals surface area contributed by atoms with E-state index in [2.05, 4.69) is 10.2 Å². The highest BCUT2D eigenvalue weighted by Gasteiger charge is 2.30. The van der Waals surface area contributed by atoms with Crippen LogP contribution in [0.3, 0.4) is 0 Å². The number of benzene rings is 2. The predicted molar refractivity (Wildman–Crippen MR) is 99.8 cm³/mol. The van der Waals surface area contributed by atoms with E-state index in [0.29, 0.717) is 37.3 Å². The van der Waals surface area contributed by atoms with Crippen LogP contribution in [0.15, 0.2) is 48.5 Å². The number of carbonyl (C=O) groups is 1. The van der Waals surface area contributed by atoms with Crippen LogP contribution in [0.4, 0.5) is 4.39 Å². The quantitative estimate of drug-likeness (QED) is 0.679. The molecule has 6 heteroatoms. The molecular formula is C20H22ClFN2O2. The lowest BCUT2D eigenvalue weighted by atomic mass is 10.2. The average Bonchev–Trinajstić information content (AvgIpc) is 3.47. The molecule has 0 spiro atoms. The van der Waals surface area contributed by atoms with E-state index in [0.717, 1.165) is 24.2 Å². The minimum atomic E-state index is -0.245. The van der Waals surface area contributed by atoms with Gasteiger partial charge in [0.25, 0.3) is 0 Å². The highest BCUT2D eigenvalue weighted by atomic mass is 35.5. The van der Waals surface area contributed by atoms with Crippen molar-refractivity contribution in [3.63, 3.8) is 0 Å². The lowest BCUT2D eigenvalue weighted by Gasteiger charge is -2.21. The van der Waals surface area contributed by atoms with Crippen molar-refractivity contribution in [1.82, 2.24) is 10.2 Å². The second-order valence-electron chi connectivity index (χ2n) is 6.41. The number of carbonyl (C=O) groups excluding carboxylic acids is 1. The fraction of sp³-hybridized carbons (Fsp3) is 0.350. The molecule has 0 unspecified atom stereocenters. The summed E-state index contributed by atoms with van der Waals surface area (Å²) in [4.78, 5) is 14.3. The van der Waals surface area contributed by atoms with Gasteiger partial charge in [-0.3, -0.25) is 9.69 Å². The third-order valence-corrected chi connectivity index (χ3v) is 4.47. The lowest BCUT2D eigenvalue weighted by Crippen LogP contribution is -2.39. The summed E-state index contributed by atoms with van der Waals surface area (Å²) >= 11 is 5.82. The highest BCUT2D eigenvalue weighted by Crippen LogP contribution is 2.28. The fourth-order valence-electron chi connectivity index (χ4n) is 2.71. The molecule has 0 heterocycles. The van der Waals surface area contributed by atoms with E-state index in [9.17, 15) is 9.18 Å². The van der Waals surface area contributed by atoms with E-state index in [4.69, 9.17) is 16.3 Å². The summed E-state index contributed by atoms with van der Waals surface area (Å²) < 4.78 is 18.6. The second kappa shape index (κ2) is 9.01. The Hall–Kier alpha value is -2.11. The maximum atomic E-state index is 13.0. The molecule has 26 heavy (non-hydrogen) atoms. The number of amides is 1. The molecule has 2 aromatic rings. The first kappa shape index (κ1) is 18.7. The Balaban J connectivity index is 1.40. The van der Waals surface area contributed by atoms with Crippen molar-refractivity contribution in [2.75, 3.05) is 19.7 Å². The van der Waals surface area contributed by atoms with Crippen LogP contribution in [0.25, 0.3) is 0 Å². The molecule has 1 aliphatic carbocycles. The smallest absolute Gasteiger partial charge is 0.234 e. The summed E-state index contributed by atoms with van der Waals surface area (Å²) in [5.41, 5.74) is 1.01. The Morgan fingerprint density at radius 3 is 2.50 bits per heavy atom. The summed E-state index contributed by atoms with van der Waals surface area (Å²) in [5, 5.41) is 3.54. The molecule has 3 rings (SSSR count). The standard InChI is InChI=1S/C20H22ClFN2O2/c21-16-3-9-19(10-4-16)26-12-11-23-20(25)14-24(18-7-8-18)13-15-1-5-17(22)6-2-15/h1-6,9-10,18H,7-8,11-14H2,(H,23,25). The Morgan fingerprint density at radius 2 is 1.85 bits per heavy atom. The van der Waals surface area contributed by atoms with Gasteiger partial charge in [-0.05, 0) is 54.8 Å². The van der Waals surface area contributed by atoms with Crippen LogP contribution in [-0.4, -0.2) is 36.5 Å². The van der Waals surface area contributed by atoms with Gasteiger partial charge in [0, 0.05) is 17.6 Å². The van der Waals surface area contributed by atoms with Crippen molar-refractivity contribution in [2.24, 2.45) is 0 Å². The third kappa shape index (κ3) is 6.00. The van der Waals surface area contributed by atoms with Gasteiger partial charge in [0.1, 0.15) is 18.2 Å². The number of halogens is 2. The van der Waals surface area contributed by atoms with Gasteiger partial charge in [0.2, 0.25) is 5.91 Å². The van der Waals surface area contributed by atoms with E-state index < -0.39 is 0 Å². The monoisotopic (exact) mass is 376 g/mol. The Labute approximate surface area is 157 Å². The second-order valence-corrected chi connectivity index (χ2v) is 6.85. The van der Waals surface area contributed by atoms with Crippen LogP contribution < -0.4 is 10.1 Å². The highest BCUT2D eigenvalue weighted by molar-refractivity contribution is 6.30. The molecule has 1 N–H and O–H groups in total. The number of nitrogens with zero attached hydrogens (tertiary/aromatic N) is 1. The van der Waals surface area contributed by atoms with E-state index in [1.807, 2.05) is 0 Å². The molecule has 0 saturated heterocycles. The number of ether oxygens (including phenoxy) is 1. The molecule has 1 saturated carbocycles. The minimum absolute atomic E-state index is 0.0290. The predicted octanol–water partition coefficient (Wildman–Crippen LogP) is 3.64. The molecule has 4 nitrogen and oxygen atoms in total. The van der Waals surface area contributed by atoms with Gasteiger partial charge in [-0.15, -0.1) is 0 Å². The number of hydrogen-bond acceptors (Lipinski definition) is 3. The Kier molecular flexibility index (Phi) is 6.47. The summed E-state index contributed by atoms with van der Waals surface area (Å²) in [6.45, 7) is 1.83. The maximum absolute atomic E-state index is 13.0. The van der Waals surface area contributed by atoms with Gasteiger partial charge >= 0.3 is 0 Å². The number of hydrogen-bond donors (Lipinski definition) is 1. The van der Waals surface area contributed by atoms with E-state index in [1.54, 1.807) is 36.4 Å². The third-order valence-electron chi connectivity index (χ3n) is 4.22. The van der Waals surface area contributed by atoms with Gasteiger partial charge in [0.05, 0.1) is 13.1 Å². The van der Waals surface area contributed by atoms with Crippen molar-refractivity contribution in [1.29, 1.82) is 0 Å². The summed E-state index contributed by atoms with van der Waals surface area (Å²) in [5.74, 6) is 0.448. The normalized spacial score (nSPS) is 13.7. The summed E-state index contributed by atoms with van der Waals surface area (Å²) in [6.07, 6.45) is 2.21. The molecule has 138 valence electrons. The van der Waals surface area contributed by atoms with Crippen molar-refractivity contribution < 1.29 is 13.9 Å². The van der Waals surface area contributed by atoms with Crippen LogP contribution >= 0.6 is 11.6 Å². The van der Waals surface area contributed by atoms with Gasteiger partial charge < -0.3 is 10.1 Å². The first-order valence-corrected chi connectivity index (χ1v) is 9.11. The maximum Gasteiger partial charge on any atom is 0.234 e. The zero-order valence-corrected chi connectivity index (χ0v) is 15.2. The fourth-order valence-corrected chi connectivity index (χ4v) is 2.83. The first-order valence-electron chi connectivity index (χ1n) is 8.74. The average molecular weight is 377 g/mol. The van der Waals surface area contributed by atoms with Crippen molar-refractivity contribution in [2.45, 2.75) is 25.4 Å². The molecular weight excluding hydrogens is 355 g/mol. The van der Waals surface area contributed by atoms with Gasteiger partial charge in [0.15, 0.2) is 0 Å². The number of nitrogens with one attached hydrogen (secondary N) is 1. The van der Waals surface area contributed by atoms with Gasteiger partial charge in [-0.1, -0.05) is 23.7 Å². The van der Waals surface area contributed by atoms with Gasteiger partial charge in [-0.25, -0.2) is 4.39 Å².